The third kappa shape index (κ3) is 5.04. The van der Waals surface area contributed by atoms with Gasteiger partial charge in [0.15, 0.2) is 0 Å². The normalized spacial score (nSPS) is 11.2. The largest absolute Gasteiger partial charge is 0.352 e. The highest BCUT2D eigenvalue weighted by Gasteiger charge is 2.22. The van der Waals surface area contributed by atoms with Gasteiger partial charge in [0, 0.05) is 19.2 Å². The van der Waals surface area contributed by atoms with Crippen LogP contribution < -0.4 is 9.62 Å². The second kappa shape index (κ2) is 9.09. The summed E-state index contributed by atoms with van der Waals surface area (Å²) in [5.74, 6) is -0.677. The summed E-state index contributed by atoms with van der Waals surface area (Å²) >= 11 is 0. The van der Waals surface area contributed by atoms with E-state index < -0.39 is 10.0 Å². The molecule has 156 valence electrons. The molecule has 0 spiro atoms. The fraction of sp³-hybridized carbons (Fsp3) is 0.174. The lowest BCUT2D eigenvalue weighted by Crippen LogP contribution is -2.28. The van der Waals surface area contributed by atoms with Crippen molar-refractivity contribution in [2.75, 3.05) is 17.9 Å². The maximum Gasteiger partial charge on any atom is 0.264 e. The van der Waals surface area contributed by atoms with Gasteiger partial charge < -0.3 is 5.32 Å². The van der Waals surface area contributed by atoms with Gasteiger partial charge in [-0.1, -0.05) is 35.9 Å². The highest BCUT2D eigenvalue weighted by Crippen LogP contribution is 2.23. The lowest BCUT2D eigenvalue weighted by Gasteiger charge is -2.20. The van der Waals surface area contributed by atoms with Gasteiger partial charge in [-0.15, -0.1) is 0 Å². The van der Waals surface area contributed by atoms with Crippen LogP contribution in [0.15, 0.2) is 77.7 Å². The first-order chi connectivity index (χ1) is 14.3. The molecular formula is C23H23FN2O3S. The molecule has 0 aliphatic heterocycles. The van der Waals surface area contributed by atoms with Crippen molar-refractivity contribution in [2.45, 2.75) is 18.2 Å². The number of sulfonamides is 1. The highest BCUT2D eigenvalue weighted by molar-refractivity contribution is 7.92. The Bertz CT molecular complexity index is 1130. The first-order valence-corrected chi connectivity index (χ1v) is 10.9. The number of benzene rings is 3. The minimum absolute atomic E-state index is 0.0387. The van der Waals surface area contributed by atoms with Crippen LogP contribution in [-0.4, -0.2) is 27.9 Å². The standard InChI is InChI=1S/C23H23FN2O3S/c1-17-6-12-21(13-7-17)26(2)30(28,29)22-5-3-4-19(16-22)23(27)25-15-14-18-8-10-20(24)11-9-18/h3-13,16H,14-15H2,1-2H3,(H,25,27). The molecular weight excluding hydrogens is 403 g/mol. The number of nitrogens with zero attached hydrogens (tertiary/aromatic N) is 1. The predicted molar refractivity (Wildman–Crippen MR) is 116 cm³/mol. The van der Waals surface area contributed by atoms with Crippen LogP contribution in [0.2, 0.25) is 0 Å². The van der Waals surface area contributed by atoms with Gasteiger partial charge in [0.25, 0.3) is 15.9 Å². The average molecular weight is 427 g/mol. The SMILES string of the molecule is Cc1ccc(N(C)S(=O)(=O)c2cccc(C(=O)NCCc3ccc(F)cc3)c2)cc1. The third-order valence-electron chi connectivity index (χ3n) is 4.76. The van der Waals surface area contributed by atoms with Crippen molar-refractivity contribution >= 4 is 21.6 Å². The summed E-state index contributed by atoms with van der Waals surface area (Å²) in [5, 5.41) is 2.77. The predicted octanol–water partition coefficient (Wildman–Crippen LogP) is 3.93. The summed E-state index contributed by atoms with van der Waals surface area (Å²) in [6.07, 6.45) is 0.542. The molecule has 0 saturated heterocycles. The number of aryl methyl sites for hydroxylation is 1. The van der Waals surface area contributed by atoms with Crippen molar-refractivity contribution in [3.05, 3.63) is 95.3 Å². The lowest BCUT2D eigenvalue weighted by molar-refractivity contribution is 0.0954. The number of carbonyl (C=O) groups is 1. The van der Waals surface area contributed by atoms with Gasteiger partial charge in [-0.2, -0.15) is 0 Å². The Balaban J connectivity index is 1.70. The number of nitrogens with one attached hydrogen (secondary N) is 1. The number of hydrogen-bond donors (Lipinski definition) is 1. The van der Waals surface area contributed by atoms with Gasteiger partial charge in [0.1, 0.15) is 5.82 Å². The van der Waals surface area contributed by atoms with Crippen LogP contribution in [-0.2, 0) is 16.4 Å². The monoisotopic (exact) mass is 426 g/mol. The lowest BCUT2D eigenvalue weighted by atomic mass is 10.1. The molecule has 0 atom stereocenters. The molecule has 0 saturated carbocycles. The number of anilines is 1. The fourth-order valence-corrected chi connectivity index (χ4v) is 4.16. The molecule has 0 radical (unpaired) electrons. The van der Waals surface area contributed by atoms with Gasteiger partial charge in [0.2, 0.25) is 0 Å². The average Bonchev–Trinajstić information content (AvgIpc) is 2.75. The second-order valence-corrected chi connectivity index (χ2v) is 8.94. The van der Waals surface area contributed by atoms with E-state index in [0.717, 1.165) is 11.1 Å². The van der Waals surface area contributed by atoms with Crippen molar-refractivity contribution in [3.8, 4) is 0 Å². The molecule has 1 N–H and O–H groups in total. The number of amides is 1. The molecule has 5 nitrogen and oxygen atoms in total. The molecule has 0 bridgehead atoms. The summed E-state index contributed by atoms with van der Waals surface area (Å²) in [6, 6.07) is 19.2. The number of carbonyl (C=O) groups excluding carboxylic acids is 1. The van der Waals surface area contributed by atoms with Crippen LogP contribution in [0.25, 0.3) is 0 Å². The minimum atomic E-state index is -3.81. The van der Waals surface area contributed by atoms with Gasteiger partial charge >= 0.3 is 0 Å². The molecule has 0 heterocycles. The Kier molecular flexibility index (Phi) is 6.52. The maximum absolute atomic E-state index is 13.0. The van der Waals surface area contributed by atoms with E-state index in [0.29, 0.717) is 18.7 Å². The van der Waals surface area contributed by atoms with Crippen molar-refractivity contribution in [3.63, 3.8) is 0 Å². The summed E-state index contributed by atoms with van der Waals surface area (Å²) in [6.45, 7) is 2.28. The van der Waals surface area contributed by atoms with Crippen molar-refractivity contribution in [1.29, 1.82) is 0 Å². The first-order valence-electron chi connectivity index (χ1n) is 9.46. The van der Waals surface area contributed by atoms with Crippen molar-refractivity contribution in [2.24, 2.45) is 0 Å². The highest BCUT2D eigenvalue weighted by atomic mass is 32.2. The Morgan fingerprint density at radius 3 is 2.33 bits per heavy atom. The van der Waals surface area contributed by atoms with Crippen LogP contribution in [0.4, 0.5) is 10.1 Å². The van der Waals surface area contributed by atoms with Gasteiger partial charge in [-0.25, -0.2) is 12.8 Å². The van der Waals surface area contributed by atoms with Crippen LogP contribution in [0.3, 0.4) is 0 Å². The Morgan fingerprint density at radius 1 is 1.00 bits per heavy atom. The number of hydrogen-bond acceptors (Lipinski definition) is 3. The van der Waals surface area contributed by atoms with Crippen LogP contribution in [0.5, 0.6) is 0 Å². The van der Waals surface area contributed by atoms with E-state index in [9.17, 15) is 17.6 Å². The molecule has 0 aromatic heterocycles. The van der Waals surface area contributed by atoms with E-state index in [1.807, 2.05) is 19.1 Å². The van der Waals surface area contributed by atoms with E-state index in [4.69, 9.17) is 0 Å². The van der Waals surface area contributed by atoms with Crippen LogP contribution in [0, 0.1) is 12.7 Å². The molecule has 3 aromatic rings. The summed E-state index contributed by atoms with van der Waals surface area (Å²) < 4.78 is 40.1. The Labute approximate surface area is 176 Å². The third-order valence-corrected chi connectivity index (χ3v) is 6.55. The molecule has 3 rings (SSSR count). The van der Waals surface area contributed by atoms with Crippen molar-refractivity contribution < 1.29 is 17.6 Å². The van der Waals surface area contributed by atoms with Crippen molar-refractivity contribution in [1.82, 2.24) is 5.32 Å². The second-order valence-electron chi connectivity index (χ2n) is 6.97. The van der Waals surface area contributed by atoms with E-state index in [2.05, 4.69) is 5.32 Å². The Hall–Kier alpha value is -3.19. The number of rotatable bonds is 7. The Morgan fingerprint density at radius 2 is 1.67 bits per heavy atom. The zero-order valence-electron chi connectivity index (χ0n) is 16.8. The fourth-order valence-electron chi connectivity index (χ4n) is 2.92. The molecule has 0 aliphatic rings. The van der Waals surface area contributed by atoms with E-state index in [1.165, 1.54) is 35.6 Å². The number of halogens is 1. The summed E-state index contributed by atoms with van der Waals surface area (Å²) in [7, 11) is -2.33. The van der Waals surface area contributed by atoms with Crippen LogP contribution in [0.1, 0.15) is 21.5 Å². The zero-order chi connectivity index (χ0) is 21.7. The first kappa shape index (κ1) is 21.5. The molecule has 1 amide bonds. The zero-order valence-corrected chi connectivity index (χ0v) is 17.6. The summed E-state index contributed by atoms with van der Waals surface area (Å²) in [5.41, 5.74) is 2.72. The van der Waals surface area contributed by atoms with Gasteiger partial charge in [-0.3, -0.25) is 9.10 Å². The van der Waals surface area contributed by atoms with E-state index in [1.54, 1.807) is 36.4 Å². The molecule has 0 aliphatic carbocycles. The van der Waals surface area contributed by atoms with Gasteiger partial charge in [-0.05, 0) is 61.4 Å². The molecule has 30 heavy (non-hydrogen) atoms. The topological polar surface area (TPSA) is 66.5 Å². The molecule has 7 heteroatoms. The van der Waals surface area contributed by atoms with Gasteiger partial charge in [0.05, 0.1) is 10.6 Å². The minimum Gasteiger partial charge on any atom is -0.352 e. The molecule has 3 aromatic carbocycles. The smallest absolute Gasteiger partial charge is 0.264 e. The molecule has 0 fully saturated rings. The maximum atomic E-state index is 13.0. The summed E-state index contributed by atoms with van der Waals surface area (Å²) in [4.78, 5) is 12.5. The van der Waals surface area contributed by atoms with E-state index in [-0.39, 0.29) is 22.2 Å². The van der Waals surface area contributed by atoms with E-state index >= 15 is 0 Å². The van der Waals surface area contributed by atoms with Crippen LogP contribution >= 0.6 is 0 Å². The quantitative estimate of drug-likeness (QED) is 0.623. The molecule has 0 unspecified atom stereocenters.